The fourth-order valence-electron chi connectivity index (χ4n) is 7.38. The Morgan fingerprint density at radius 2 is 1.61 bits per heavy atom. The number of aryl methyl sites for hydroxylation is 2. The normalized spacial score (nSPS) is 19.4. The Morgan fingerprint density at radius 1 is 0.902 bits per heavy atom. The third-order valence-electron chi connectivity index (χ3n) is 9.70. The van der Waals surface area contributed by atoms with Crippen molar-refractivity contribution in [2.24, 2.45) is 10.8 Å². The van der Waals surface area contributed by atoms with Crippen molar-refractivity contribution < 1.29 is 17.9 Å². The minimum atomic E-state index is -4.17. The number of hydrogen-bond donors (Lipinski definition) is 1. The quantitative estimate of drug-likeness (QED) is 0.223. The lowest BCUT2D eigenvalue weighted by molar-refractivity contribution is 0.0509. The second-order valence-corrected chi connectivity index (χ2v) is 17.9. The first-order valence-electron chi connectivity index (χ1n) is 17.7. The highest BCUT2D eigenvalue weighted by atomic mass is 32.2. The third kappa shape index (κ3) is 8.19. The van der Waals surface area contributed by atoms with Crippen LogP contribution in [0.15, 0.2) is 71.6 Å². The molecule has 2 aromatic heterocycles. The molecule has 10 nitrogen and oxygen atoms in total. The van der Waals surface area contributed by atoms with Crippen LogP contribution in [0.4, 0.5) is 11.8 Å². The highest BCUT2D eigenvalue weighted by molar-refractivity contribution is 7.92. The Kier molecular flexibility index (Phi) is 9.89. The predicted molar refractivity (Wildman–Crippen MR) is 201 cm³/mol. The highest BCUT2D eigenvalue weighted by Crippen LogP contribution is 2.36. The van der Waals surface area contributed by atoms with E-state index in [1.165, 1.54) is 12.1 Å². The van der Waals surface area contributed by atoms with Gasteiger partial charge in [0.25, 0.3) is 15.9 Å². The topological polar surface area (TPSA) is 118 Å². The molecule has 2 atom stereocenters. The van der Waals surface area contributed by atoms with Crippen molar-refractivity contribution in [1.29, 1.82) is 0 Å². The maximum atomic E-state index is 14.6. The number of aromatic nitrogens is 3. The van der Waals surface area contributed by atoms with Gasteiger partial charge in [0.2, 0.25) is 11.8 Å². The molecule has 51 heavy (non-hydrogen) atoms. The molecule has 4 aromatic rings. The van der Waals surface area contributed by atoms with Gasteiger partial charge in [0.05, 0.1) is 28.9 Å². The van der Waals surface area contributed by atoms with Gasteiger partial charge in [-0.25, -0.2) is 23.1 Å². The minimum absolute atomic E-state index is 0.0640. The monoisotopic (exact) mass is 710 g/mol. The van der Waals surface area contributed by atoms with Gasteiger partial charge in [-0.05, 0) is 85.4 Å². The highest BCUT2D eigenvalue weighted by Gasteiger charge is 2.36. The van der Waals surface area contributed by atoms with Crippen molar-refractivity contribution in [3.8, 4) is 17.1 Å². The molecule has 0 spiro atoms. The summed E-state index contributed by atoms with van der Waals surface area (Å²) in [6, 6.07) is 19.8. The summed E-state index contributed by atoms with van der Waals surface area (Å²) in [6.07, 6.45) is 2.82. The lowest BCUT2D eigenvalue weighted by atomic mass is 9.85. The summed E-state index contributed by atoms with van der Waals surface area (Å²) < 4.78 is 36.5. The van der Waals surface area contributed by atoms with Gasteiger partial charge in [-0.1, -0.05) is 71.9 Å². The molecule has 0 radical (unpaired) electrons. The first-order chi connectivity index (χ1) is 24.0. The first-order valence-corrected chi connectivity index (χ1v) is 19.2. The van der Waals surface area contributed by atoms with Gasteiger partial charge in [0.1, 0.15) is 12.4 Å². The second kappa shape index (κ2) is 13.9. The molecule has 4 heterocycles. The molecule has 1 unspecified atom stereocenters. The average molecular weight is 711 g/mol. The van der Waals surface area contributed by atoms with Gasteiger partial charge < -0.3 is 14.5 Å². The van der Waals surface area contributed by atoms with Crippen LogP contribution in [0.3, 0.4) is 0 Å². The molecular weight excluding hydrogens is 661 g/mol. The van der Waals surface area contributed by atoms with Gasteiger partial charge in [-0.2, -0.15) is 4.98 Å². The summed E-state index contributed by atoms with van der Waals surface area (Å²) >= 11 is 0. The van der Waals surface area contributed by atoms with Crippen LogP contribution in [0.1, 0.15) is 88.0 Å². The van der Waals surface area contributed by atoms with E-state index >= 15 is 0 Å². The van der Waals surface area contributed by atoms with Crippen LogP contribution in [-0.4, -0.2) is 59.4 Å². The molecule has 270 valence electrons. The van der Waals surface area contributed by atoms with Gasteiger partial charge in [-0.15, -0.1) is 0 Å². The lowest BCUT2D eigenvalue weighted by Crippen LogP contribution is -2.45. The van der Waals surface area contributed by atoms with Crippen LogP contribution in [0, 0.1) is 24.7 Å². The molecule has 2 aliphatic heterocycles. The van der Waals surface area contributed by atoms with E-state index in [1.807, 2.05) is 50.2 Å². The van der Waals surface area contributed by atoms with Gasteiger partial charge in [-0.3, -0.25) is 4.79 Å². The van der Waals surface area contributed by atoms with Crippen LogP contribution in [0.25, 0.3) is 11.3 Å². The van der Waals surface area contributed by atoms with E-state index in [0.29, 0.717) is 18.2 Å². The summed E-state index contributed by atoms with van der Waals surface area (Å²) in [5, 5.41) is 0. The lowest BCUT2D eigenvalue weighted by Gasteiger charge is -2.37. The van der Waals surface area contributed by atoms with E-state index in [-0.39, 0.29) is 52.2 Å². The number of nitrogens with one attached hydrogen (secondary N) is 1. The SMILES string of the molecule is Cc1cccc(C)c1-c1cc2nc(n1)NS(=O)(=O)c1cccc(c1)C(=O)N(Cc1cccc(N3CCCC3C(C)(C)C)n1)[C@H](CC(C)(C)C)CO2. The number of carbonyl (C=O) groups is 1. The summed E-state index contributed by atoms with van der Waals surface area (Å²) in [7, 11) is -4.17. The number of amides is 1. The Labute approximate surface area is 302 Å². The average Bonchev–Trinajstić information content (AvgIpc) is 3.56. The van der Waals surface area contributed by atoms with Crippen molar-refractivity contribution in [2.75, 3.05) is 22.8 Å². The maximum absolute atomic E-state index is 14.6. The van der Waals surface area contributed by atoms with E-state index < -0.39 is 16.1 Å². The Bertz CT molecular complexity index is 2020. The molecule has 2 aromatic carbocycles. The molecule has 1 amide bonds. The number of hydrogen-bond acceptors (Lipinski definition) is 8. The van der Waals surface area contributed by atoms with E-state index in [2.05, 4.69) is 61.1 Å². The van der Waals surface area contributed by atoms with Crippen LogP contribution in [0.5, 0.6) is 5.88 Å². The molecule has 6 rings (SSSR count). The largest absolute Gasteiger partial charge is 0.475 e. The predicted octanol–water partition coefficient (Wildman–Crippen LogP) is 7.81. The molecule has 11 heteroatoms. The molecule has 0 aliphatic carbocycles. The summed E-state index contributed by atoms with van der Waals surface area (Å²) in [5.41, 5.74) is 4.29. The minimum Gasteiger partial charge on any atom is -0.475 e. The van der Waals surface area contributed by atoms with Crippen LogP contribution < -0.4 is 14.4 Å². The Hall–Kier alpha value is -4.51. The van der Waals surface area contributed by atoms with Crippen LogP contribution >= 0.6 is 0 Å². The number of anilines is 2. The molecule has 4 bridgehead atoms. The van der Waals surface area contributed by atoms with Gasteiger partial charge in [0.15, 0.2) is 0 Å². The smallest absolute Gasteiger partial charge is 0.264 e. The maximum Gasteiger partial charge on any atom is 0.264 e. The van der Waals surface area contributed by atoms with E-state index in [0.717, 1.165) is 47.6 Å². The summed E-state index contributed by atoms with van der Waals surface area (Å²) in [6.45, 7) is 18.4. The van der Waals surface area contributed by atoms with Crippen molar-refractivity contribution in [1.82, 2.24) is 19.9 Å². The molecule has 0 saturated carbocycles. The zero-order chi connectivity index (χ0) is 36.7. The summed E-state index contributed by atoms with van der Waals surface area (Å²) in [4.78, 5) is 33.0. The van der Waals surface area contributed by atoms with E-state index in [1.54, 1.807) is 23.1 Å². The second-order valence-electron chi connectivity index (χ2n) is 16.2. The zero-order valence-electron chi connectivity index (χ0n) is 31.0. The van der Waals surface area contributed by atoms with Crippen molar-refractivity contribution in [3.63, 3.8) is 0 Å². The molecule has 1 saturated heterocycles. The summed E-state index contributed by atoms with van der Waals surface area (Å²) in [5.74, 6) is 0.694. The van der Waals surface area contributed by atoms with Gasteiger partial charge >= 0.3 is 0 Å². The van der Waals surface area contributed by atoms with Gasteiger partial charge in [0, 0.05) is 29.8 Å². The number of carbonyl (C=O) groups excluding carboxylic acids is 1. The molecule has 1 N–H and O–H groups in total. The zero-order valence-corrected chi connectivity index (χ0v) is 31.8. The van der Waals surface area contributed by atoms with E-state index in [9.17, 15) is 13.2 Å². The molecule has 1 fully saturated rings. The van der Waals surface area contributed by atoms with Crippen molar-refractivity contribution >= 4 is 27.7 Å². The third-order valence-corrected chi connectivity index (χ3v) is 11.0. The van der Waals surface area contributed by atoms with E-state index in [4.69, 9.17) is 9.72 Å². The van der Waals surface area contributed by atoms with Crippen LogP contribution in [-0.2, 0) is 16.6 Å². The number of pyridine rings is 1. The Morgan fingerprint density at radius 3 is 2.31 bits per heavy atom. The molecule has 2 aliphatic rings. The number of ether oxygens (including phenoxy) is 1. The number of rotatable bonds is 5. The van der Waals surface area contributed by atoms with Crippen molar-refractivity contribution in [3.05, 3.63) is 89.1 Å². The number of fused-ring (bicyclic) bond motifs is 4. The first kappa shape index (κ1) is 36.3. The number of nitrogens with zero attached hydrogens (tertiary/aromatic N) is 5. The number of sulfonamides is 1. The number of benzene rings is 2. The fraction of sp³-hybridized carbons (Fsp3) is 0.450. The molecular formula is C40H50N6O4S. The van der Waals surface area contributed by atoms with Crippen molar-refractivity contribution in [2.45, 2.75) is 98.2 Å². The fourth-order valence-corrected chi connectivity index (χ4v) is 8.37. The van der Waals surface area contributed by atoms with Crippen LogP contribution in [0.2, 0.25) is 0 Å². The standard InChI is InChI=1S/C40H50N6O4S/c1-26-13-9-14-27(2)36(26)32-22-35-43-38(42-32)44-51(48,49)31-17-10-15-28(21-31)37(47)46(30(25-50-35)23-39(3,4)5)24-29-16-11-19-34(41-29)45-20-12-18-33(45)40(6,7)8/h9-11,13-17,19,21-22,30,33H,12,18,20,23-25H2,1-8H3,(H,42,43,44)/t30-,33?/m1/s1. The Balaban J connectivity index is 1.46.